The molecule has 0 unspecified atom stereocenters. The van der Waals surface area contributed by atoms with E-state index >= 15 is 0 Å². The zero-order valence-electron chi connectivity index (χ0n) is 20.9. The Morgan fingerprint density at radius 3 is 2.60 bits per heavy atom. The van der Waals surface area contributed by atoms with Crippen molar-refractivity contribution in [3.8, 4) is 28.6 Å². The number of hydrogen-bond acceptors (Lipinski definition) is 7. The van der Waals surface area contributed by atoms with Crippen molar-refractivity contribution in [2.24, 2.45) is 0 Å². The van der Waals surface area contributed by atoms with Crippen LogP contribution in [0.1, 0.15) is 76.2 Å². The third-order valence-electron chi connectivity index (χ3n) is 6.95. The number of benzene rings is 1. The number of carbonyl (C=O) groups is 2. The third kappa shape index (κ3) is 4.77. The van der Waals surface area contributed by atoms with E-state index in [1.165, 1.54) is 22.9 Å². The highest BCUT2D eigenvalue weighted by Gasteiger charge is 2.29. The number of aldehydes is 1. The van der Waals surface area contributed by atoms with Gasteiger partial charge in [0.2, 0.25) is 0 Å². The second kappa shape index (κ2) is 9.92. The molecule has 0 bridgehead atoms. The molecule has 0 aliphatic heterocycles. The maximum atomic E-state index is 13.7. The quantitative estimate of drug-likeness (QED) is 0.319. The first-order chi connectivity index (χ1) is 19.4. The lowest BCUT2D eigenvalue weighted by atomic mass is 9.96. The molecule has 12 heteroatoms. The number of halogens is 2. The van der Waals surface area contributed by atoms with E-state index in [-0.39, 0.29) is 45.9 Å². The summed E-state index contributed by atoms with van der Waals surface area (Å²) < 4.78 is 29.4. The van der Waals surface area contributed by atoms with E-state index in [0.29, 0.717) is 27.7 Å². The first-order valence-corrected chi connectivity index (χ1v) is 12.6. The molecule has 6 rings (SSSR count). The Bertz CT molecular complexity index is 1760. The van der Waals surface area contributed by atoms with Crippen LogP contribution < -0.4 is 10.9 Å². The van der Waals surface area contributed by atoms with Crippen molar-refractivity contribution in [2.75, 3.05) is 5.32 Å². The van der Waals surface area contributed by atoms with Crippen LogP contribution in [-0.2, 0) is 0 Å². The fourth-order valence-electron chi connectivity index (χ4n) is 4.65. The number of anilines is 1. The van der Waals surface area contributed by atoms with Crippen molar-refractivity contribution in [3.63, 3.8) is 0 Å². The fraction of sp³-hybridized carbons (Fsp3) is 0.250. The average molecular weight is 542 g/mol. The largest absolute Gasteiger partial charge is 0.321 e. The van der Waals surface area contributed by atoms with E-state index in [1.807, 2.05) is 12.1 Å². The molecule has 0 spiro atoms. The number of alkyl halides is 2. The van der Waals surface area contributed by atoms with Crippen molar-refractivity contribution in [1.29, 1.82) is 5.26 Å². The van der Waals surface area contributed by atoms with Gasteiger partial charge >= 0.3 is 6.55 Å². The molecule has 3 aromatic heterocycles. The Kier molecular flexibility index (Phi) is 6.26. The van der Waals surface area contributed by atoms with E-state index in [1.54, 1.807) is 18.2 Å². The normalized spacial score (nSPS) is 14.7. The Balaban J connectivity index is 1.43. The van der Waals surface area contributed by atoms with Gasteiger partial charge in [-0.15, -0.1) is 10.2 Å². The fourth-order valence-corrected chi connectivity index (χ4v) is 4.65. The monoisotopic (exact) mass is 541 g/mol. The standard InChI is InChI=1S/C28H21F2N7O3/c29-28(30)37-14-32-35-25(37)21-7-15(11-31)1-6-20(21)18-9-23(17-2-3-17)33-24(10-18)34-26(39)22-8-16(13-38)12-36(27(22)40)19-4-5-19/h1,6-10,12-14,17,19,28H,2-5H2,(H,33,34,39). The zero-order valence-corrected chi connectivity index (χ0v) is 20.9. The van der Waals surface area contributed by atoms with Crippen molar-refractivity contribution in [1.82, 2.24) is 24.3 Å². The van der Waals surface area contributed by atoms with E-state index in [9.17, 15) is 28.4 Å². The molecule has 2 saturated carbocycles. The summed E-state index contributed by atoms with van der Waals surface area (Å²) in [5.74, 6) is -0.521. The molecule has 3 heterocycles. The summed E-state index contributed by atoms with van der Waals surface area (Å²) >= 11 is 0. The smallest absolute Gasteiger partial charge is 0.311 e. The van der Waals surface area contributed by atoms with Gasteiger partial charge < -0.3 is 9.88 Å². The number of aromatic nitrogens is 5. The maximum Gasteiger partial charge on any atom is 0.321 e. The van der Waals surface area contributed by atoms with Crippen molar-refractivity contribution in [2.45, 2.75) is 44.2 Å². The molecule has 0 radical (unpaired) electrons. The van der Waals surface area contributed by atoms with Crippen LogP contribution in [0, 0.1) is 11.3 Å². The Hall–Kier alpha value is -5.05. The number of amides is 1. The highest BCUT2D eigenvalue weighted by atomic mass is 19.3. The third-order valence-corrected chi connectivity index (χ3v) is 6.95. The van der Waals surface area contributed by atoms with Gasteiger partial charge in [-0.3, -0.25) is 19.0 Å². The molecular weight excluding hydrogens is 520 g/mol. The zero-order chi connectivity index (χ0) is 28.0. The first kappa shape index (κ1) is 25.2. The van der Waals surface area contributed by atoms with Crippen LogP contribution in [0.25, 0.3) is 22.5 Å². The maximum absolute atomic E-state index is 13.7. The average Bonchev–Trinajstić information content (AvgIpc) is 3.90. The van der Waals surface area contributed by atoms with Gasteiger partial charge in [-0.25, -0.2) is 4.98 Å². The number of nitriles is 1. The molecule has 1 N–H and O–H groups in total. The van der Waals surface area contributed by atoms with Crippen molar-refractivity contribution < 1.29 is 18.4 Å². The summed E-state index contributed by atoms with van der Waals surface area (Å²) in [5, 5.41) is 19.6. The molecule has 40 heavy (non-hydrogen) atoms. The van der Waals surface area contributed by atoms with Gasteiger partial charge in [-0.05, 0) is 67.1 Å². The Morgan fingerprint density at radius 2 is 1.93 bits per heavy atom. The molecule has 2 aliphatic carbocycles. The van der Waals surface area contributed by atoms with Crippen molar-refractivity contribution >= 4 is 18.0 Å². The van der Waals surface area contributed by atoms with E-state index in [0.717, 1.165) is 32.0 Å². The molecule has 4 aromatic rings. The Labute approximate surface area is 225 Å². The van der Waals surface area contributed by atoms with Gasteiger partial charge in [0, 0.05) is 35.0 Å². The first-order valence-electron chi connectivity index (χ1n) is 12.6. The van der Waals surface area contributed by atoms with E-state index in [2.05, 4.69) is 20.5 Å². The molecule has 2 aliphatic rings. The van der Waals surface area contributed by atoms with E-state index < -0.39 is 18.0 Å². The number of rotatable bonds is 8. The molecule has 0 saturated heterocycles. The number of nitrogens with one attached hydrogen (secondary N) is 1. The van der Waals surface area contributed by atoms with Crippen LogP contribution in [-0.4, -0.2) is 36.5 Å². The summed E-state index contributed by atoms with van der Waals surface area (Å²) in [6, 6.07) is 11.3. The topological polar surface area (TPSA) is 136 Å². The summed E-state index contributed by atoms with van der Waals surface area (Å²) in [5.41, 5.74) is 1.76. The molecule has 2 fully saturated rings. The predicted octanol–water partition coefficient (Wildman–Crippen LogP) is 4.71. The van der Waals surface area contributed by atoms with Crippen LogP contribution in [0.3, 0.4) is 0 Å². The van der Waals surface area contributed by atoms with Gasteiger partial charge in [0.1, 0.15) is 17.7 Å². The van der Waals surface area contributed by atoms with Crippen LogP contribution >= 0.6 is 0 Å². The van der Waals surface area contributed by atoms with E-state index in [4.69, 9.17) is 0 Å². The number of pyridine rings is 2. The number of carbonyl (C=O) groups excluding carboxylic acids is 2. The van der Waals surface area contributed by atoms with Gasteiger partial charge in [0.15, 0.2) is 12.1 Å². The SMILES string of the molecule is N#Cc1ccc(-c2cc(NC(=O)c3cc(C=O)cn(C4CC4)c3=O)nc(C3CC3)c2)c(-c2nncn2C(F)F)c1. The summed E-state index contributed by atoms with van der Waals surface area (Å²) in [6.07, 6.45) is 6.35. The minimum absolute atomic E-state index is 0.0352. The molecular formula is C28H21F2N7O3. The lowest BCUT2D eigenvalue weighted by Crippen LogP contribution is -2.29. The Morgan fingerprint density at radius 1 is 1.12 bits per heavy atom. The lowest BCUT2D eigenvalue weighted by molar-refractivity contribution is 0.0716. The highest BCUT2D eigenvalue weighted by molar-refractivity contribution is 6.04. The molecule has 200 valence electrons. The predicted molar refractivity (Wildman–Crippen MR) is 139 cm³/mol. The van der Waals surface area contributed by atoms with Crippen LogP contribution in [0.15, 0.2) is 53.7 Å². The number of nitrogens with zero attached hydrogens (tertiary/aromatic N) is 6. The van der Waals surface area contributed by atoms with Crippen LogP contribution in [0.5, 0.6) is 0 Å². The minimum Gasteiger partial charge on any atom is -0.311 e. The van der Waals surface area contributed by atoms with Gasteiger partial charge in [0.05, 0.1) is 11.6 Å². The van der Waals surface area contributed by atoms with Gasteiger partial charge in [-0.2, -0.15) is 14.0 Å². The molecule has 1 amide bonds. The number of hydrogen-bond donors (Lipinski definition) is 1. The second-order valence-corrected chi connectivity index (χ2v) is 9.85. The molecule has 0 atom stereocenters. The molecule has 1 aromatic carbocycles. The van der Waals surface area contributed by atoms with Gasteiger partial charge in [-0.1, -0.05) is 6.07 Å². The summed E-state index contributed by atoms with van der Waals surface area (Å²) in [4.78, 5) is 42.4. The highest BCUT2D eigenvalue weighted by Crippen LogP contribution is 2.42. The second-order valence-electron chi connectivity index (χ2n) is 9.85. The molecule has 10 nitrogen and oxygen atoms in total. The minimum atomic E-state index is -2.90. The van der Waals surface area contributed by atoms with Crippen LogP contribution in [0.2, 0.25) is 0 Å². The lowest BCUT2D eigenvalue weighted by Gasteiger charge is -2.14. The van der Waals surface area contributed by atoms with Crippen LogP contribution in [0.4, 0.5) is 14.6 Å². The van der Waals surface area contributed by atoms with Crippen molar-refractivity contribution in [3.05, 3.63) is 81.7 Å². The summed E-state index contributed by atoms with van der Waals surface area (Å²) in [7, 11) is 0. The summed E-state index contributed by atoms with van der Waals surface area (Å²) in [6.45, 7) is -2.90. The van der Waals surface area contributed by atoms with Gasteiger partial charge in [0.25, 0.3) is 11.5 Å².